The molecule has 0 spiro atoms. The van der Waals surface area contributed by atoms with Crippen LogP contribution in [0, 0.1) is 0 Å². The maximum absolute atomic E-state index is 6.17. The van der Waals surface area contributed by atoms with Gasteiger partial charge < -0.3 is 4.57 Å². The van der Waals surface area contributed by atoms with Crippen LogP contribution in [-0.4, -0.2) is 24.1 Å². The van der Waals surface area contributed by atoms with E-state index < -0.39 is 0 Å². The van der Waals surface area contributed by atoms with Gasteiger partial charge in [0, 0.05) is 46.3 Å². The number of rotatable bonds is 2. The lowest BCUT2D eigenvalue weighted by Gasteiger charge is -1.96. The molecule has 24 heavy (non-hydrogen) atoms. The Morgan fingerprint density at radius 2 is 2.08 bits per heavy atom. The normalized spacial score (nSPS) is 11.8. The standard InChI is InChI=1S/C16H10ClN5S2/c1-21-7-11(10-6-9(17)2-3-13(10)21)14-20-22-8-12(19-16(22)24-14)15-18-4-5-23-15/h2-8H,1H3. The van der Waals surface area contributed by atoms with Crippen LogP contribution in [0.25, 0.3) is 37.1 Å². The zero-order valence-electron chi connectivity index (χ0n) is 12.5. The Balaban J connectivity index is 1.67. The van der Waals surface area contributed by atoms with Crippen LogP contribution in [0.2, 0.25) is 5.02 Å². The first-order valence-electron chi connectivity index (χ1n) is 7.20. The molecule has 0 aliphatic rings. The Kier molecular flexibility index (Phi) is 3.03. The molecule has 8 heteroatoms. The van der Waals surface area contributed by atoms with Crippen molar-refractivity contribution in [1.82, 2.24) is 24.1 Å². The molecule has 118 valence electrons. The Bertz CT molecular complexity index is 1150. The highest BCUT2D eigenvalue weighted by Crippen LogP contribution is 2.35. The van der Waals surface area contributed by atoms with Crippen LogP contribution in [0.3, 0.4) is 0 Å². The number of hydrogen-bond acceptors (Lipinski definition) is 5. The third-order valence-corrected chi connectivity index (χ3v) is 5.86. The van der Waals surface area contributed by atoms with E-state index in [0.29, 0.717) is 0 Å². The predicted octanol–water partition coefficient (Wildman–Crippen LogP) is 4.73. The lowest BCUT2D eigenvalue weighted by atomic mass is 10.2. The van der Waals surface area contributed by atoms with E-state index in [2.05, 4.69) is 20.7 Å². The highest BCUT2D eigenvalue weighted by molar-refractivity contribution is 7.20. The van der Waals surface area contributed by atoms with E-state index in [1.807, 2.05) is 41.3 Å². The number of fused-ring (bicyclic) bond motifs is 2. The molecule has 5 rings (SSSR count). The summed E-state index contributed by atoms with van der Waals surface area (Å²) in [6.45, 7) is 0. The predicted molar refractivity (Wildman–Crippen MR) is 98.9 cm³/mol. The van der Waals surface area contributed by atoms with Gasteiger partial charge in [-0.25, -0.2) is 14.5 Å². The van der Waals surface area contributed by atoms with Gasteiger partial charge in [0.15, 0.2) is 0 Å². The molecule has 1 aromatic carbocycles. The lowest BCUT2D eigenvalue weighted by Crippen LogP contribution is -1.82. The SMILES string of the molecule is Cn1cc(-c2nn3cc(-c4nccs4)nc3s2)c2cc(Cl)ccc21. The second-order valence-electron chi connectivity index (χ2n) is 5.41. The first-order valence-corrected chi connectivity index (χ1v) is 9.27. The van der Waals surface area contributed by atoms with Crippen molar-refractivity contribution in [2.45, 2.75) is 0 Å². The van der Waals surface area contributed by atoms with Crippen LogP contribution in [-0.2, 0) is 7.05 Å². The molecule has 4 aromatic heterocycles. The number of nitrogens with zero attached hydrogens (tertiary/aromatic N) is 5. The summed E-state index contributed by atoms with van der Waals surface area (Å²) in [4.78, 5) is 9.79. The summed E-state index contributed by atoms with van der Waals surface area (Å²) in [6, 6.07) is 5.92. The minimum atomic E-state index is 0.724. The maximum atomic E-state index is 6.17. The number of aromatic nitrogens is 5. The molecule has 4 heterocycles. The minimum Gasteiger partial charge on any atom is -0.350 e. The van der Waals surface area contributed by atoms with Crippen molar-refractivity contribution in [2.24, 2.45) is 7.05 Å². The number of hydrogen-bond donors (Lipinski definition) is 0. The molecule has 0 saturated carbocycles. The van der Waals surface area contributed by atoms with E-state index >= 15 is 0 Å². The molecule has 0 aliphatic carbocycles. The summed E-state index contributed by atoms with van der Waals surface area (Å²) >= 11 is 9.31. The second kappa shape index (κ2) is 5.14. The molecule has 0 atom stereocenters. The third kappa shape index (κ3) is 2.09. The van der Waals surface area contributed by atoms with E-state index in [9.17, 15) is 0 Å². The average molecular weight is 372 g/mol. The summed E-state index contributed by atoms with van der Waals surface area (Å²) in [6.07, 6.45) is 5.79. The van der Waals surface area contributed by atoms with Crippen LogP contribution in [0.1, 0.15) is 0 Å². The smallest absolute Gasteiger partial charge is 0.213 e. The van der Waals surface area contributed by atoms with Gasteiger partial charge in [0.1, 0.15) is 15.7 Å². The van der Waals surface area contributed by atoms with E-state index in [4.69, 9.17) is 16.7 Å². The first kappa shape index (κ1) is 14.2. The molecule has 0 aliphatic heterocycles. The van der Waals surface area contributed by atoms with Crippen molar-refractivity contribution in [1.29, 1.82) is 0 Å². The van der Waals surface area contributed by atoms with Gasteiger partial charge in [0.25, 0.3) is 0 Å². The Labute approximate surface area is 149 Å². The van der Waals surface area contributed by atoms with Gasteiger partial charge in [0.2, 0.25) is 4.96 Å². The van der Waals surface area contributed by atoms with Crippen molar-refractivity contribution in [2.75, 3.05) is 0 Å². The van der Waals surface area contributed by atoms with Crippen LogP contribution in [0.4, 0.5) is 0 Å². The van der Waals surface area contributed by atoms with Crippen LogP contribution < -0.4 is 0 Å². The largest absolute Gasteiger partial charge is 0.350 e. The quantitative estimate of drug-likeness (QED) is 0.451. The van der Waals surface area contributed by atoms with Crippen LogP contribution in [0.5, 0.6) is 0 Å². The van der Waals surface area contributed by atoms with Crippen molar-refractivity contribution in [3.05, 3.63) is 47.2 Å². The van der Waals surface area contributed by atoms with Gasteiger partial charge in [-0.15, -0.1) is 11.3 Å². The van der Waals surface area contributed by atoms with E-state index in [1.165, 1.54) is 0 Å². The van der Waals surface area contributed by atoms with Gasteiger partial charge in [-0.1, -0.05) is 22.9 Å². The van der Waals surface area contributed by atoms with Crippen molar-refractivity contribution >= 4 is 50.1 Å². The molecule has 0 N–H and O–H groups in total. The number of benzene rings is 1. The molecule has 5 aromatic rings. The number of halogens is 1. The summed E-state index contributed by atoms with van der Waals surface area (Å²) < 4.78 is 3.91. The molecule has 0 fully saturated rings. The van der Waals surface area contributed by atoms with Crippen molar-refractivity contribution < 1.29 is 0 Å². The molecule has 5 nitrogen and oxygen atoms in total. The summed E-state index contributed by atoms with van der Waals surface area (Å²) in [5.74, 6) is 0. The molecule has 0 amide bonds. The first-order chi connectivity index (χ1) is 11.7. The number of thiazole rings is 1. The van der Waals surface area contributed by atoms with Gasteiger partial charge >= 0.3 is 0 Å². The second-order valence-corrected chi connectivity index (χ2v) is 7.70. The van der Waals surface area contributed by atoms with Crippen molar-refractivity contribution in [3.63, 3.8) is 0 Å². The van der Waals surface area contributed by atoms with Gasteiger partial charge in [-0.3, -0.25) is 0 Å². The molecule has 0 saturated heterocycles. The molecule has 0 bridgehead atoms. The monoisotopic (exact) mass is 371 g/mol. The third-order valence-electron chi connectivity index (χ3n) is 3.88. The highest BCUT2D eigenvalue weighted by Gasteiger charge is 2.16. The average Bonchev–Trinajstić information content (AvgIpc) is 3.28. The molecule has 0 radical (unpaired) electrons. The number of aryl methyl sites for hydroxylation is 1. The fraction of sp³-hybridized carbons (Fsp3) is 0.0625. The van der Waals surface area contributed by atoms with Gasteiger partial charge in [0.05, 0.1) is 6.20 Å². The molecule has 0 unspecified atom stereocenters. The van der Waals surface area contributed by atoms with Gasteiger partial charge in [-0.05, 0) is 18.2 Å². The fourth-order valence-corrected chi connectivity index (χ4v) is 4.47. The Morgan fingerprint density at radius 3 is 2.88 bits per heavy atom. The van der Waals surface area contributed by atoms with Crippen molar-refractivity contribution in [3.8, 4) is 21.3 Å². The minimum absolute atomic E-state index is 0.724. The number of imidazole rings is 1. The summed E-state index contributed by atoms with van der Waals surface area (Å²) in [5.41, 5.74) is 3.06. The topological polar surface area (TPSA) is 48.0 Å². The van der Waals surface area contributed by atoms with Gasteiger partial charge in [-0.2, -0.15) is 5.10 Å². The van der Waals surface area contributed by atoms with E-state index in [1.54, 1.807) is 28.9 Å². The zero-order chi connectivity index (χ0) is 16.3. The van der Waals surface area contributed by atoms with Crippen LogP contribution in [0.15, 0.2) is 42.2 Å². The zero-order valence-corrected chi connectivity index (χ0v) is 14.9. The molecular weight excluding hydrogens is 362 g/mol. The Morgan fingerprint density at radius 1 is 1.17 bits per heavy atom. The Hall–Kier alpha value is -2.22. The summed E-state index contributed by atoms with van der Waals surface area (Å²) in [5, 5.41) is 10.3. The van der Waals surface area contributed by atoms with Crippen LogP contribution >= 0.6 is 34.3 Å². The summed E-state index contributed by atoms with van der Waals surface area (Å²) in [7, 11) is 2.03. The lowest BCUT2D eigenvalue weighted by molar-refractivity contribution is 0.961. The highest BCUT2D eigenvalue weighted by atomic mass is 35.5. The fourth-order valence-electron chi connectivity index (χ4n) is 2.80. The maximum Gasteiger partial charge on any atom is 0.213 e. The van der Waals surface area contributed by atoms with E-state index in [0.717, 1.165) is 42.2 Å². The van der Waals surface area contributed by atoms with E-state index in [-0.39, 0.29) is 0 Å². The molecular formula is C16H10ClN5S2.